The maximum absolute atomic E-state index is 14.2. The van der Waals surface area contributed by atoms with Gasteiger partial charge in [0.05, 0.1) is 5.57 Å². The molecule has 0 N–H and O–H groups in total. The molecule has 28 heavy (non-hydrogen) atoms. The van der Waals surface area contributed by atoms with Crippen LogP contribution in [0.5, 0.6) is 0 Å². The SMILES string of the molecule is CCc1c(C)cccc1C/C(C=O)=C(/C1=C(N(C)C)C(C)CC=C1)C(F)(F)F. The van der Waals surface area contributed by atoms with E-state index in [1.807, 2.05) is 39.0 Å². The third-order valence-electron chi connectivity index (χ3n) is 5.26. The van der Waals surface area contributed by atoms with E-state index >= 15 is 0 Å². The molecule has 1 aromatic carbocycles. The fourth-order valence-electron chi connectivity index (χ4n) is 4.08. The molecule has 0 saturated carbocycles. The van der Waals surface area contributed by atoms with E-state index in [0.29, 0.717) is 24.8 Å². The minimum atomic E-state index is -4.62. The second kappa shape index (κ2) is 8.80. The lowest BCUT2D eigenvalue weighted by Crippen LogP contribution is -2.26. The van der Waals surface area contributed by atoms with E-state index in [1.165, 1.54) is 6.08 Å². The van der Waals surface area contributed by atoms with E-state index in [1.54, 1.807) is 25.1 Å². The molecule has 2 nitrogen and oxygen atoms in total. The highest BCUT2D eigenvalue weighted by Crippen LogP contribution is 2.40. The van der Waals surface area contributed by atoms with Gasteiger partial charge >= 0.3 is 6.18 Å². The highest BCUT2D eigenvalue weighted by molar-refractivity contribution is 5.79. The maximum atomic E-state index is 14.2. The van der Waals surface area contributed by atoms with Crippen molar-refractivity contribution in [3.05, 3.63) is 69.5 Å². The molecule has 1 aliphatic rings. The standard InChI is InChI=1S/C23H28F3NO/c1-6-19-15(2)9-7-11-17(19)13-18(14-28)21(23(24,25)26)20-12-8-10-16(3)22(20)27(4)5/h7-9,11-12,14,16H,6,10,13H2,1-5H3/b21-18+. The first-order valence-corrected chi connectivity index (χ1v) is 9.53. The van der Waals surface area contributed by atoms with E-state index < -0.39 is 11.7 Å². The summed E-state index contributed by atoms with van der Waals surface area (Å²) >= 11 is 0. The van der Waals surface area contributed by atoms with Crippen LogP contribution in [0.25, 0.3) is 0 Å². The van der Waals surface area contributed by atoms with Crippen LogP contribution in [-0.2, 0) is 17.6 Å². The van der Waals surface area contributed by atoms with Gasteiger partial charge in [-0.1, -0.05) is 44.2 Å². The lowest BCUT2D eigenvalue weighted by Gasteiger charge is -2.30. The van der Waals surface area contributed by atoms with Crippen LogP contribution in [0.2, 0.25) is 0 Å². The molecule has 0 amide bonds. The molecule has 0 bridgehead atoms. The normalized spacial score (nSPS) is 18.2. The Labute approximate surface area is 165 Å². The Kier molecular flexibility index (Phi) is 6.91. The first-order valence-electron chi connectivity index (χ1n) is 9.53. The number of alkyl halides is 3. The summed E-state index contributed by atoms with van der Waals surface area (Å²) in [5.41, 5.74) is 2.46. The number of benzene rings is 1. The van der Waals surface area contributed by atoms with E-state index in [0.717, 1.165) is 16.7 Å². The number of carbonyl (C=O) groups excluding carboxylic acids is 1. The molecule has 2 rings (SSSR count). The molecule has 0 saturated heterocycles. The summed E-state index contributed by atoms with van der Waals surface area (Å²) in [5, 5.41) is 0. The Bertz CT molecular complexity index is 829. The Morgan fingerprint density at radius 2 is 1.96 bits per heavy atom. The van der Waals surface area contributed by atoms with Gasteiger partial charge in [-0.25, -0.2) is 0 Å². The minimum absolute atomic E-state index is 0.0321. The molecule has 0 aromatic heterocycles. The summed E-state index contributed by atoms with van der Waals surface area (Å²) in [6.45, 7) is 5.82. The Hall–Kier alpha value is -2.30. The summed E-state index contributed by atoms with van der Waals surface area (Å²) in [6.07, 6.45) is 0.372. The number of allylic oxidation sites excluding steroid dienone is 6. The number of carbonyl (C=O) groups is 1. The van der Waals surface area contributed by atoms with Crippen molar-refractivity contribution < 1.29 is 18.0 Å². The fraction of sp³-hybridized carbons (Fsp3) is 0.435. The summed E-state index contributed by atoms with van der Waals surface area (Å²) in [5.74, 6) is -0.0505. The van der Waals surface area contributed by atoms with Crippen molar-refractivity contribution in [2.45, 2.75) is 46.2 Å². The number of rotatable bonds is 6. The van der Waals surface area contributed by atoms with Gasteiger partial charge in [-0.2, -0.15) is 13.2 Å². The third-order valence-corrected chi connectivity index (χ3v) is 5.26. The minimum Gasteiger partial charge on any atom is -0.380 e. The van der Waals surface area contributed by atoms with Gasteiger partial charge in [0, 0.05) is 43.3 Å². The Morgan fingerprint density at radius 1 is 1.29 bits per heavy atom. The molecule has 0 aliphatic heterocycles. The summed E-state index contributed by atoms with van der Waals surface area (Å²) in [6, 6.07) is 5.58. The first-order chi connectivity index (χ1) is 13.1. The van der Waals surface area contributed by atoms with Crippen molar-refractivity contribution in [3.8, 4) is 0 Å². The molecule has 1 aliphatic carbocycles. The monoisotopic (exact) mass is 391 g/mol. The highest BCUT2D eigenvalue weighted by atomic mass is 19.4. The van der Waals surface area contributed by atoms with Crippen LogP contribution in [0, 0.1) is 12.8 Å². The average Bonchev–Trinajstić information content (AvgIpc) is 2.59. The number of aryl methyl sites for hydroxylation is 1. The predicted octanol–water partition coefficient (Wildman–Crippen LogP) is 5.57. The smallest absolute Gasteiger partial charge is 0.380 e. The zero-order chi connectivity index (χ0) is 21.1. The summed E-state index contributed by atoms with van der Waals surface area (Å²) < 4.78 is 42.5. The molecule has 0 radical (unpaired) electrons. The molecular weight excluding hydrogens is 363 g/mol. The first kappa shape index (κ1) is 22.0. The number of hydrogen-bond acceptors (Lipinski definition) is 2. The van der Waals surface area contributed by atoms with E-state index in [4.69, 9.17) is 0 Å². The Morgan fingerprint density at radius 3 is 2.50 bits per heavy atom. The van der Waals surface area contributed by atoms with Crippen molar-refractivity contribution in [1.29, 1.82) is 0 Å². The average molecular weight is 391 g/mol. The lowest BCUT2D eigenvalue weighted by atomic mass is 9.85. The third kappa shape index (κ3) is 4.57. The molecule has 0 heterocycles. The Balaban J connectivity index is 2.73. The fourth-order valence-corrected chi connectivity index (χ4v) is 4.08. The van der Waals surface area contributed by atoms with Gasteiger partial charge in [0.2, 0.25) is 0 Å². The van der Waals surface area contributed by atoms with Gasteiger partial charge in [-0.05, 0) is 36.5 Å². The van der Waals surface area contributed by atoms with Crippen LogP contribution in [0.1, 0.15) is 37.0 Å². The summed E-state index contributed by atoms with van der Waals surface area (Å²) in [7, 11) is 3.49. The topological polar surface area (TPSA) is 20.3 Å². The number of hydrogen-bond donors (Lipinski definition) is 0. The molecule has 0 fully saturated rings. The van der Waals surface area contributed by atoms with E-state index in [-0.39, 0.29) is 23.5 Å². The number of nitrogens with zero attached hydrogens (tertiary/aromatic N) is 1. The molecule has 1 aromatic rings. The van der Waals surface area contributed by atoms with Crippen LogP contribution in [0.15, 0.2) is 52.8 Å². The van der Waals surface area contributed by atoms with Gasteiger partial charge in [-0.3, -0.25) is 4.79 Å². The van der Waals surface area contributed by atoms with Crippen molar-refractivity contribution in [2.24, 2.45) is 5.92 Å². The van der Waals surface area contributed by atoms with Crippen LogP contribution < -0.4 is 0 Å². The number of halogens is 3. The lowest BCUT2D eigenvalue weighted by molar-refractivity contribution is -0.107. The van der Waals surface area contributed by atoms with Crippen molar-refractivity contribution in [1.82, 2.24) is 4.90 Å². The van der Waals surface area contributed by atoms with Crippen LogP contribution >= 0.6 is 0 Å². The molecule has 0 spiro atoms. The zero-order valence-corrected chi connectivity index (χ0v) is 17.2. The maximum Gasteiger partial charge on any atom is 0.417 e. The zero-order valence-electron chi connectivity index (χ0n) is 17.2. The number of aldehydes is 1. The van der Waals surface area contributed by atoms with Gasteiger partial charge in [0.1, 0.15) is 6.29 Å². The van der Waals surface area contributed by atoms with Crippen LogP contribution in [-0.4, -0.2) is 31.5 Å². The largest absolute Gasteiger partial charge is 0.417 e. The van der Waals surface area contributed by atoms with Crippen LogP contribution in [0.3, 0.4) is 0 Å². The molecule has 152 valence electrons. The predicted molar refractivity (Wildman–Crippen MR) is 107 cm³/mol. The quantitative estimate of drug-likeness (QED) is 0.467. The highest BCUT2D eigenvalue weighted by Gasteiger charge is 2.40. The van der Waals surface area contributed by atoms with E-state index in [2.05, 4.69) is 0 Å². The van der Waals surface area contributed by atoms with Crippen molar-refractivity contribution >= 4 is 6.29 Å². The van der Waals surface area contributed by atoms with Crippen LogP contribution in [0.4, 0.5) is 13.2 Å². The van der Waals surface area contributed by atoms with E-state index in [9.17, 15) is 18.0 Å². The van der Waals surface area contributed by atoms with Crippen molar-refractivity contribution in [2.75, 3.05) is 14.1 Å². The summed E-state index contributed by atoms with van der Waals surface area (Å²) in [4.78, 5) is 13.6. The van der Waals surface area contributed by atoms with Gasteiger partial charge in [-0.15, -0.1) is 0 Å². The van der Waals surface area contributed by atoms with Gasteiger partial charge in [0.15, 0.2) is 0 Å². The molecule has 1 atom stereocenters. The van der Waals surface area contributed by atoms with Gasteiger partial charge < -0.3 is 4.90 Å². The second-order valence-corrected chi connectivity index (χ2v) is 7.49. The molecule has 5 heteroatoms. The molecule has 1 unspecified atom stereocenters. The second-order valence-electron chi connectivity index (χ2n) is 7.49. The van der Waals surface area contributed by atoms with Crippen molar-refractivity contribution in [3.63, 3.8) is 0 Å². The van der Waals surface area contributed by atoms with Gasteiger partial charge in [0.25, 0.3) is 0 Å². The molecular formula is C23H28F3NO.